The zero-order valence-corrected chi connectivity index (χ0v) is 32.8. The monoisotopic (exact) mass is 772 g/mol. The highest BCUT2D eigenvalue weighted by Crippen LogP contribution is 2.47. The van der Waals surface area contributed by atoms with Gasteiger partial charge in [0.1, 0.15) is 0 Å². The minimum absolute atomic E-state index is 1.17. The number of aromatic nitrogens is 2. The molecule has 0 radical (unpaired) electrons. The summed E-state index contributed by atoms with van der Waals surface area (Å²) < 4.78 is 10.2. The number of hydrogen-bond acceptors (Lipinski definition) is 2. The van der Waals surface area contributed by atoms with Crippen LogP contribution in [0.25, 0.3) is 118 Å². The summed E-state index contributed by atoms with van der Waals surface area (Å²) in [7, 11) is 0. The molecule has 0 N–H and O–H groups in total. The molecule has 0 amide bonds. The fourth-order valence-electron chi connectivity index (χ4n) is 9.64. The van der Waals surface area contributed by atoms with Gasteiger partial charge in [0.05, 0.1) is 32.5 Å². The Bertz CT molecular complexity index is 3800. The molecule has 0 unspecified atom stereocenters. The molecule has 0 spiro atoms. The van der Waals surface area contributed by atoms with Crippen molar-refractivity contribution in [1.29, 1.82) is 0 Å². The Morgan fingerprint density at radius 3 is 1.76 bits per heavy atom. The van der Waals surface area contributed by atoms with E-state index in [2.05, 4.69) is 203 Å². The highest BCUT2D eigenvalue weighted by Gasteiger charge is 2.23. The fourth-order valence-corrected chi connectivity index (χ4v) is 11.9. The molecule has 270 valence electrons. The SMILES string of the molecule is c1ccc(-c2cc3c4ccccc4n(-c4ccc5sc6ccccc6c5c4)c3cc2-c2cccc3c2c2ccccc2n3-c2cccc3c2sc2ccccc23)cc1. The lowest BCUT2D eigenvalue weighted by Crippen LogP contribution is -1.95. The van der Waals surface area contributed by atoms with E-state index < -0.39 is 0 Å². The molecule has 0 atom stereocenters. The van der Waals surface area contributed by atoms with Gasteiger partial charge in [0.15, 0.2) is 0 Å². The van der Waals surface area contributed by atoms with Crippen LogP contribution >= 0.6 is 22.7 Å². The predicted molar refractivity (Wildman–Crippen MR) is 252 cm³/mol. The van der Waals surface area contributed by atoms with Crippen LogP contribution in [0.3, 0.4) is 0 Å². The zero-order valence-electron chi connectivity index (χ0n) is 31.2. The number of benzene rings is 9. The van der Waals surface area contributed by atoms with Crippen LogP contribution in [0.2, 0.25) is 0 Å². The minimum atomic E-state index is 1.17. The topological polar surface area (TPSA) is 9.86 Å². The van der Waals surface area contributed by atoms with Gasteiger partial charge < -0.3 is 9.13 Å². The van der Waals surface area contributed by atoms with E-state index in [9.17, 15) is 0 Å². The van der Waals surface area contributed by atoms with Gasteiger partial charge in [-0.3, -0.25) is 0 Å². The van der Waals surface area contributed by atoms with E-state index in [-0.39, 0.29) is 0 Å². The van der Waals surface area contributed by atoms with Gasteiger partial charge in [-0.15, -0.1) is 22.7 Å². The summed E-state index contributed by atoms with van der Waals surface area (Å²) in [6.45, 7) is 0. The van der Waals surface area contributed by atoms with Crippen molar-refractivity contribution in [2.45, 2.75) is 0 Å². The van der Waals surface area contributed by atoms with Crippen LogP contribution < -0.4 is 0 Å². The molecule has 0 aliphatic rings. The van der Waals surface area contributed by atoms with Gasteiger partial charge in [-0.05, 0) is 89.0 Å². The van der Waals surface area contributed by atoms with E-state index >= 15 is 0 Å². The molecule has 4 heteroatoms. The van der Waals surface area contributed by atoms with Crippen molar-refractivity contribution in [2.75, 3.05) is 0 Å². The van der Waals surface area contributed by atoms with Crippen molar-refractivity contribution in [1.82, 2.24) is 9.13 Å². The summed E-state index contributed by atoms with van der Waals surface area (Å²) in [5.41, 5.74) is 12.1. The smallest absolute Gasteiger partial charge is 0.0640 e. The van der Waals surface area contributed by atoms with Gasteiger partial charge >= 0.3 is 0 Å². The lowest BCUT2D eigenvalue weighted by atomic mass is 9.90. The van der Waals surface area contributed by atoms with Crippen LogP contribution in [-0.4, -0.2) is 9.13 Å². The highest BCUT2D eigenvalue weighted by atomic mass is 32.1. The minimum Gasteiger partial charge on any atom is -0.309 e. The molecular weight excluding hydrogens is 741 g/mol. The van der Waals surface area contributed by atoms with Crippen molar-refractivity contribution < 1.29 is 0 Å². The second-order valence-electron chi connectivity index (χ2n) is 15.2. The maximum Gasteiger partial charge on any atom is 0.0640 e. The van der Waals surface area contributed by atoms with Crippen molar-refractivity contribution in [3.05, 3.63) is 194 Å². The summed E-state index contributed by atoms with van der Waals surface area (Å²) >= 11 is 3.75. The Balaban J connectivity index is 1.14. The Labute approximate surface area is 341 Å². The van der Waals surface area contributed by atoms with Gasteiger partial charge in [0, 0.05) is 62.9 Å². The number of para-hydroxylation sites is 2. The summed E-state index contributed by atoms with van der Waals surface area (Å²) in [5.74, 6) is 0. The third kappa shape index (κ3) is 4.53. The zero-order chi connectivity index (χ0) is 37.9. The van der Waals surface area contributed by atoms with E-state index in [1.165, 1.54) is 118 Å². The molecule has 0 fully saturated rings. The van der Waals surface area contributed by atoms with Crippen molar-refractivity contribution >= 4 is 107 Å². The Morgan fingerprint density at radius 2 is 0.931 bits per heavy atom. The first-order valence-electron chi connectivity index (χ1n) is 19.8. The van der Waals surface area contributed by atoms with Crippen LogP contribution in [0.4, 0.5) is 0 Å². The molecule has 0 bridgehead atoms. The second kappa shape index (κ2) is 12.3. The molecule has 0 aliphatic carbocycles. The molecule has 0 aliphatic heterocycles. The fraction of sp³-hybridized carbons (Fsp3) is 0. The van der Waals surface area contributed by atoms with E-state index in [0.717, 1.165) is 0 Å². The number of thiophene rings is 2. The molecule has 13 rings (SSSR count). The van der Waals surface area contributed by atoms with E-state index in [1.807, 2.05) is 22.7 Å². The molecule has 13 aromatic rings. The molecule has 2 nitrogen and oxygen atoms in total. The number of hydrogen-bond donors (Lipinski definition) is 0. The van der Waals surface area contributed by atoms with Crippen LogP contribution in [0.5, 0.6) is 0 Å². The normalized spacial score (nSPS) is 12.1. The maximum absolute atomic E-state index is 2.50. The van der Waals surface area contributed by atoms with Gasteiger partial charge in [-0.1, -0.05) is 127 Å². The molecule has 4 aromatic heterocycles. The van der Waals surface area contributed by atoms with Crippen LogP contribution in [-0.2, 0) is 0 Å². The van der Waals surface area contributed by atoms with Gasteiger partial charge in [-0.25, -0.2) is 0 Å². The van der Waals surface area contributed by atoms with Gasteiger partial charge in [-0.2, -0.15) is 0 Å². The van der Waals surface area contributed by atoms with Crippen molar-refractivity contribution in [3.8, 4) is 33.6 Å². The largest absolute Gasteiger partial charge is 0.309 e. The summed E-state index contributed by atoms with van der Waals surface area (Å²) in [6.07, 6.45) is 0. The van der Waals surface area contributed by atoms with Crippen LogP contribution in [0.1, 0.15) is 0 Å². The highest BCUT2D eigenvalue weighted by molar-refractivity contribution is 7.26. The first-order chi connectivity index (χ1) is 28.8. The Hall–Kier alpha value is -6.98. The van der Waals surface area contributed by atoms with E-state index in [1.54, 1.807) is 0 Å². The summed E-state index contributed by atoms with van der Waals surface area (Å²) in [5, 5.41) is 10.2. The van der Waals surface area contributed by atoms with Gasteiger partial charge in [0.25, 0.3) is 0 Å². The Kier molecular flexibility index (Phi) is 6.79. The van der Waals surface area contributed by atoms with Crippen molar-refractivity contribution in [2.24, 2.45) is 0 Å². The maximum atomic E-state index is 2.50. The molecule has 9 aromatic carbocycles. The first kappa shape index (κ1) is 32.1. The van der Waals surface area contributed by atoms with E-state index in [4.69, 9.17) is 0 Å². The number of fused-ring (bicyclic) bond motifs is 12. The second-order valence-corrected chi connectivity index (χ2v) is 17.4. The van der Waals surface area contributed by atoms with Gasteiger partial charge in [0.2, 0.25) is 0 Å². The molecule has 0 saturated carbocycles. The third-order valence-electron chi connectivity index (χ3n) is 12.1. The third-order valence-corrected chi connectivity index (χ3v) is 14.5. The lowest BCUT2D eigenvalue weighted by Gasteiger charge is -2.15. The first-order valence-corrected chi connectivity index (χ1v) is 21.4. The Morgan fingerprint density at radius 1 is 0.310 bits per heavy atom. The summed E-state index contributed by atoms with van der Waals surface area (Å²) in [4.78, 5) is 0. The standard InChI is InChI=1S/C54H32N2S2/c1-2-14-33(15-3-1)41-31-43-35-16-4-8-22-45(35)55(34-28-29-52-44(30-34)37-18-7-10-26-50(37)57-52)49(43)32-42(41)38-20-12-24-47-53(38)40-19-5-9-23-46(40)56(47)48-25-13-21-39-36-17-6-11-27-51(36)58-54(39)48/h1-32H. The molecule has 4 heterocycles. The van der Waals surface area contributed by atoms with Crippen molar-refractivity contribution in [3.63, 3.8) is 0 Å². The lowest BCUT2D eigenvalue weighted by molar-refractivity contribution is 1.19. The van der Waals surface area contributed by atoms with Crippen LogP contribution in [0, 0.1) is 0 Å². The van der Waals surface area contributed by atoms with E-state index in [0.29, 0.717) is 0 Å². The average molecular weight is 773 g/mol. The number of rotatable bonds is 4. The molecular formula is C54H32N2S2. The number of nitrogens with zero attached hydrogens (tertiary/aromatic N) is 2. The summed E-state index contributed by atoms with van der Waals surface area (Å²) in [6, 6.07) is 72.0. The quantitative estimate of drug-likeness (QED) is 0.169. The molecule has 58 heavy (non-hydrogen) atoms. The van der Waals surface area contributed by atoms with Crippen LogP contribution in [0.15, 0.2) is 194 Å². The average Bonchev–Trinajstić information content (AvgIpc) is 4.03. The molecule has 0 saturated heterocycles. The predicted octanol–water partition coefficient (Wildman–Crippen LogP) is 16.0.